The SMILES string of the molecule is CC(C)NC(=O)CCNS(=O)(=O)c1cccc(Br)c1. The summed E-state index contributed by atoms with van der Waals surface area (Å²) in [6.45, 7) is 3.78. The third-order valence-electron chi connectivity index (χ3n) is 2.20. The van der Waals surface area contributed by atoms with Gasteiger partial charge in [-0.1, -0.05) is 22.0 Å². The summed E-state index contributed by atoms with van der Waals surface area (Å²) in [6.07, 6.45) is 0.116. The van der Waals surface area contributed by atoms with Gasteiger partial charge < -0.3 is 5.32 Å². The molecule has 2 N–H and O–H groups in total. The second-order valence-corrected chi connectivity index (χ2v) is 7.01. The third-order valence-corrected chi connectivity index (χ3v) is 4.15. The number of hydrogen-bond donors (Lipinski definition) is 2. The number of carbonyl (C=O) groups is 1. The molecular formula is C12H17BrN2O3S. The minimum atomic E-state index is -3.57. The van der Waals surface area contributed by atoms with E-state index in [1.165, 1.54) is 12.1 Å². The Morgan fingerprint density at radius 1 is 1.37 bits per heavy atom. The zero-order valence-corrected chi connectivity index (χ0v) is 13.2. The van der Waals surface area contributed by atoms with Crippen LogP contribution in [0.1, 0.15) is 20.3 Å². The van der Waals surface area contributed by atoms with E-state index in [1.54, 1.807) is 12.1 Å². The van der Waals surface area contributed by atoms with Crippen molar-refractivity contribution in [3.8, 4) is 0 Å². The van der Waals surface area contributed by atoms with Gasteiger partial charge >= 0.3 is 0 Å². The Hall–Kier alpha value is -0.920. The number of hydrogen-bond acceptors (Lipinski definition) is 3. The lowest BCUT2D eigenvalue weighted by Gasteiger charge is -2.09. The predicted octanol–water partition coefficient (Wildman–Crippen LogP) is 1.64. The molecule has 0 aliphatic rings. The number of rotatable bonds is 6. The predicted molar refractivity (Wildman–Crippen MR) is 77.2 cm³/mol. The van der Waals surface area contributed by atoms with Gasteiger partial charge in [-0.15, -0.1) is 0 Å². The molecule has 0 radical (unpaired) electrons. The maximum absolute atomic E-state index is 11.9. The van der Waals surface area contributed by atoms with Crippen molar-refractivity contribution < 1.29 is 13.2 Å². The summed E-state index contributed by atoms with van der Waals surface area (Å²) in [5, 5.41) is 2.70. The average Bonchev–Trinajstić information content (AvgIpc) is 2.27. The van der Waals surface area contributed by atoms with Crippen LogP contribution in [0.3, 0.4) is 0 Å². The fraction of sp³-hybridized carbons (Fsp3) is 0.417. The zero-order valence-electron chi connectivity index (χ0n) is 10.8. The molecule has 7 heteroatoms. The van der Waals surface area contributed by atoms with Crippen LogP contribution in [0.5, 0.6) is 0 Å². The van der Waals surface area contributed by atoms with Crippen molar-refractivity contribution in [1.82, 2.24) is 10.0 Å². The molecule has 0 heterocycles. The minimum Gasteiger partial charge on any atom is -0.354 e. The maximum atomic E-state index is 11.9. The number of benzene rings is 1. The van der Waals surface area contributed by atoms with Crippen LogP contribution in [-0.4, -0.2) is 26.9 Å². The molecule has 1 amide bonds. The standard InChI is InChI=1S/C12H17BrN2O3S/c1-9(2)15-12(16)6-7-14-19(17,18)11-5-3-4-10(13)8-11/h3-5,8-9,14H,6-7H2,1-2H3,(H,15,16). The molecule has 0 bridgehead atoms. The molecular weight excluding hydrogens is 332 g/mol. The molecule has 1 aromatic carbocycles. The second kappa shape index (κ2) is 7.02. The summed E-state index contributed by atoms with van der Waals surface area (Å²) >= 11 is 3.22. The Balaban J connectivity index is 2.55. The largest absolute Gasteiger partial charge is 0.354 e. The first-order chi connectivity index (χ1) is 8.81. The monoisotopic (exact) mass is 348 g/mol. The molecule has 0 spiro atoms. The summed E-state index contributed by atoms with van der Waals surface area (Å²) in [7, 11) is -3.57. The molecule has 0 saturated heterocycles. The van der Waals surface area contributed by atoms with E-state index in [1.807, 2.05) is 13.8 Å². The van der Waals surface area contributed by atoms with Crippen molar-refractivity contribution in [3.05, 3.63) is 28.7 Å². The molecule has 0 aromatic heterocycles. The fourth-order valence-electron chi connectivity index (χ4n) is 1.41. The molecule has 0 aliphatic carbocycles. The van der Waals surface area contributed by atoms with Crippen molar-refractivity contribution in [1.29, 1.82) is 0 Å². The van der Waals surface area contributed by atoms with Crippen molar-refractivity contribution in [2.75, 3.05) is 6.54 Å². The van der Waals surface area contributed by atoms with Crippen LogP contribution >= 0.6 is 15.9 Å². The van der Waals surface area contributed by atoms with Gasteiger partial charge in [-0.2, -0.15) is 0 Å². The van der Waals surface area contributed by atoms with Crippen LogP contribution in [0.2, 0.25) is 0 Å². The van der Waals surface area contributed by atoms with E-state index in [0.29, 0.717) is 4.47 Å². The van der Waals surface area contributed by atoms with Gasteiger partial charge in [0, 0.05) is 23.5 Å². The Morgan fingerprint density at radius 2 is 2.05 bits per heavy atom. The first-order valence-corrected chi connectivity index (χ1v) is 8.13. The van der Waals surface area contributed by atoms with Gasteiger partial charge in [0.15, 0.2) is 0 Å². The van der Waals surface area contributed by atoms with Crippen LogP contribution in [0.4, 0.5) is 0 Å². The van der Waals surface area contributed by atoms with Crippen LogP contribution in [-0.2, 0) is 14.8 Å². The number of halogens is 1. The van der Waals surface area contributed by atoms with Crippen LogP contribution in [0, 0.1) is 0 Å². The highest BCUT2D eigenvalue weighted by atomic mass is 79.9. The number of amides is 1. The van der Waals surface area contributed by atoms with E-state index < -0.39 is 10.0 Å². The Kier molecular flexibility index (Phi) is 5.96. The molecule has 1 aromatic rings. The number of carbonyl (C=O) groups excluding carboxylic acids is 1. The van der Waals surface area contributed by atoms with E-state index in [2.05, 4.69) is 26.0 Å². The van der Waals surface area contributed by atoms with E-state index in [4.69, 9.17) is 0 Å². The smallest absolute Gasteiger partial charge is 0.240 e. The van der Waals surface area contributed by atoms with Gasteiger partial charge in [0.05, 0.1) is 4.90 Å². The van der Waals surface area contributed by atoms with Gasteiger partial charge in [0.2, 0.25) is 15.9 Å². The first-order valence-electron chi connectivity index (χ1n) is 5.86. The molecule has 0 unspecified atom stereocenters. The topological polar surface area (TPSA) is 75.3 Å². The number of nitrogens with one attached hydrogen (secondary N) is 2. The Bertz CT molecular complexity index is 544. The highest BCUT2D eigenvalue weighted by Gasteiger charge is 2.14. The van der Waals surface area contributed by atoms with E-state index in [-0.39, 0.29) is 29.8 Å². The summed E-state index contributed by atoms with van der Waals surface area (Å²) in [5.41, 5.74) is 0. The molecule has 0 atom stereocenters. The van der Waals surface area contributed by atoms with Gasteiger partial charge in [-0.05, 0) is 32.0 Å². The lowest BCUT2D eigenvalue weighted by Crippen LogP contribution is -2.34. The third kappa shape index (κ3) is 5.71. The van der Waals surface area contributed by atoms with E-state index in [9.17, 15) is 13.2 Å². The van der Waals surface area contributed by atoms with Crippen molar-refractivity contribution >= 4 is 31.9 Å². The fourth-order valence-corrected chi connectivity index (χ4v) is 3.04. The van der Waals surface area contributed by atoms with Crippen LogP contribution in [0.15, 0.2) is 33.6 Å². The Labute approximate surface area is 122 Å². The summed E-state index contributed by atoms with van der Waals surface area (Å²) in [6, 6.07) is 6.45. The summed E-state index contributed by atoms with van der Waals surface area (Å²) in [5.74, 6) is -0.174. The lowest BCUT2D eigenvalue weighted by atomic mass is 10.3. The normalized spacial score (nSPS) is 11.6. The van der Waals surface area contributed by atoms with Crippen molar-refractivity contribution in [2.24, 2.45) is 0 Å². The molecule has 5 nitrogen and oxygen atoms in total. The molecule has 0 fully saturated rings. The van der Waals surface area contributed by atoms with Gasteiger partial charge in [-0.3, -0.25) is 4.79 Å². The second-order valence-electron chi connectivity index (χ2n) is 4.33. The van der Waals surface area contributed by atoms with Crippen molar-refractivity contribution in [2.45, 2.75) is 31.2 Å². The molecule has 19 heavy (non-hydrogen) atoms. The molecule has 0 aliphatic heterocycles. The van der Waals surface area contributed by atoms with Crippen LogP contribution in [0.25, 0.3) is 0 Å². The summed E-state index contributed by atoms with van der Waals surface area (Å²) in [4.78, 5) is 11.5. The highest BCUT2D eigenvalue weighted by molar-refractivity contribution is 9.10. The summed E-state index contributed by atoms with van der Waals surface area (Å²) < 4.78 is 26.9. The average molecular weight is 349 g/mol. The number of sulfonamides is 1. The molecule has 0 saturated carbocycles. The van der Waals surface area contributed by atoms with Gasteiger partial charge in [0.25, 0.3) is 0 Å². The van der Waals surface area contributed by atoms with E-state index >= 15 is 0 Å². The van der Waals surface area contributed by atoms with Gasteiger partial charge in [0.1, 0.15) is 0 Å². The minimum absolute atomic E-state index is 0.0502. The van der Waals surface area contributed by atoms with E-state index in [0.717, 1.165) is 0 Å². The molecule has 106 valence electrons. The van der Waals surface area contributed by atoms with Crippen molar-refractivity contribution in [3.63, 3.8) is 0 Å². The zero-order chi connectivity index (χ0) is 14.5. The first kappa shape index (κ1) is 16.1. The quantitative estimate of drug-likeness (QED) is 0.820. The molecule has 1 rings (SSSR count). The van der Waals surface area contributed by atoms with Gasteiger partial charge in [-0.25, -0.2) is 13.1 Å². The maximum Gasteiger partial charge on any atom is 0.240 e. The van der Waals surface area contributed by atoms with Crippen LogP contribution < -0.4 is 10.0 Å². The highest BCUT2D eigenvalue weighted by Crippen LogP contribution is 2.15. The Morgan fingerprint density at radius 3 is 2.63 bits per heavy atom. The lowest BCUT2D eigenvalue weighted by molar-refractivity contribution is -0.121.